The zero-order valence-electron chi connectivity index (χ0n) is 13.0. The van der Waals surface area contributed by atoms with Gasteiger partial charge in [-0.1, -0.05) is 25.1 Å². The fourth-order valence-corrected chi connectivity index (χ4v) is 1.89. The van der Waals surface area contributed by atoms with E-state index in [1.807, 2.05) is 30.3 Å². The van der Waals surface area contributed by atoms with Crippen molar-refractivity contribution in [2.45, 2.75) is 26.2 Å². The molecule has 0 N–H and O–H groups in total. The van der Waals surface area contributed by atoms with Crippen molar-refractivity contribution < 1.29 is 4.52 Å². The highest BCUT2D eigenvalue weighted by Crippen LogP contribution is 2.20. The molecule has 0 aliphatic carbocycles. The van der Waals surface area contributed by atoms with Gasteiger partial charge in [-0.05, 0) is 42.5 Å². The third-order valence-corrected chi connectivity index (χ3v) is 3.48. The third kappa shape index (κ3) is 3.61. The van der Waals surface area contributed by atoms with Gasteiger partial charge in [-0.2, -0.15) is 4.98 Å². The Bertz CT molecular complexity index is 829. The molecule has 0 spiro atoms. The summed E-state index contributed by atoms with van der Waals surface area (Å²) >= 11 is 0. The number of aromatic nitrogens is 4. The van der Waals surface area contributed by atoms with E-state index in [0.717, 1.165) is 17.7 Å². The predicted molar refractivity (Wildman–Crippen MR) is 86.5 cm³/mol. The van der Waals surface area contributed by atoms with Crippen molar-refractivity contribution in [3.63, 3.8) is 0 Å². The molecule has 3 heterocycles. The van der Waals surface area contributed by atoms with Gasteiger partial charge in [0.05, 0.1) is 0 Å². The van der Waals surface area contributed by atoms with E-state index in [2.05, 4.69) is 45.8 Å². The average molecular weight is 304 g/mol. The van der Waals surface area contributed by atoms with Crippen molar-refractivity contribution in [2.75, 3.05) is 0 Å². The van der Waals surface area contributed by atoms with Gasteiger partial charge in [-0.3, -0.25) is 0 Å². The van der Waals surface area contributed by atoms with E-state index in [1.165, 1.54) is 0 Å². The van der Waals surface area contributed by atoms with Crippen molar-refractivity contribution in [3.8, 4) is 23.2 Å². The predicted octanol–water partition coefficient (Wildman–Crippen LogP) is 3.44. The van der Waals surface area contributed by atoms with Crippen molar-refractivity contribution in [2.24, 2.45) is 0 Å². The quantitative estimate of drug-likeness (QED) is 0.693. The van der Waals surface area contributed by atoms with E-state index in [1.54, 1.807) is 12.4 Å². The number of rotatable bonds is 3. The highest BCUT2D eigenvalue weighted by molar-refractivity contribution is 5.53. The van der Waals surface area contributed by atoms with Crippen LogP contribution in [0.3, 0.4) is 0 Å². The second-order valence-electron chi connectivity index (χ2n) is 5.16. The number of hydrogen-bond donors (Lipinski definition) is 0. The van der Waals surface area contributed by atoms with Crippen LogP contribution in [0, 0.1) is 11.8 Å². The van der Waals surface area contributed by atoms with Gasteiger partial charge >= 0.3 is 0 Å². The van der Waals surface area contributed by atoms with Crippen molar-refractivity contribution in [3.05, 3.63) is 60.0 Å². The van der Waals surface area contributed by atoms with Gasteiger partial charge in [0.2, 0.25) is 11.7 Å². The van der Waals surface area contributed by atoms with Crippen molar-refractivity contribution in [1.82, 2.24) is 20.1 Å². The van der Waals surface area contributed by atoms with Crippen LogP contribution >= 0.6 is 0 Å². The topological polar surface area (TPSA) is 64.7 Å². The molecular weight excluding hydrogens is 288 g/mol. The highest BCUT2D eigenvalue weighted by atomic mass is 16.5. The molecule has 0 saturated carbocycles. The summed E-state index contributed by atoms with van der Waals surface area (Å²) in [5, 5.41) is 4.01. The fraction of sp³-hybridized carbons (Fsp3) is 0.222. The second kappa shape index (κ2) is 6.84. The first-order valence-corrected chi connectivity index (χ1v) is 7.49. The summed E-state index contributed by atoms with van der Waals surface area (Å²) < 4.78 is 5.28. The largest absolute Gasteiger partial charge is 0.339 e. The summed E-state index contributed by atoms with van der Waals surface area (Å²) in [7, 11) is 0. The van der Waals surface area contributed by atoms with Crippen LogP contribution in [-0.4, -0.2) is 20.1 Å². The van der Waals surface area contributed by atoms with Crippen LogP contribution in [0.15, 0.2) is 47.2 Å². The molecule has 0 aliphatic rings. The van der Waals surface area contributed by atoms with E-state index in [4.69, 9.17) is 4.52 Å². The Labute approximate surface area is 134 Å². The summed E-state index contributed by atoms with van der Waals surface area (Å²) in [6.45, 7) is 4.15. The minimum Gasteiger partial charge on any atom is -0.339 e. The molecule has 0 saturated heterocycles. The molecule has 3 aromatic heterocycles. The van der Waals surface area contributed by atoms with Crippen LogP contribution in [0.25, 0.3) is 11.4 Å². The van der Waals surface area contributed by atoms with E-state index >= 15 is 0 Å². The van der Waals surface area contributed by atoms with Gasteiger partial charge in [0.25, 0.3) is 0 Å². The molecule has 3 aromatic rings. The third-order valence-electron chi connectivity index (χ3n) is 3.48. The van der Waals surface area contributed by atoms with Crippen LogP contribution in [-0.2, 0) is 0 Å². The summed E-state index contributed by atoms with van der Waals surface area (Å²) in [6, 6.07) is 9.35. The van der Waals surface area contributed by atoms with Crippen LogP contribution in [0.4, 0.5) is 0 Å². The standard InChI is InChI=1S/C18H16N4O/c1-3-13(2)18-21-17(22-23-18)14-7-8-16(20-12-14)10-9-15-6-4-5-11-19-15/h4-8,11-13H,3H2,1-2H3. The molecule has 0 amide bonds. The number of nitrogens with zero attached hydrogens (tertiary/aromatic N) is 4. The minimum atomic E-state index is 0.257. The first kappa shape index (κ1) is 14.9. The molecule has 0 bridgehead atoms. The summed E-state index contributed by atoms with van der Waals surface area (Å²) in [6.07, 6.45) is 4.38. The van der Waals surface area contributed by atoms with Gasteiger partial charge in [-0.25, -0.2) is 9.97 Å². The molecule has 1 unspecified atom stereocenters. The summed E-state index contributed by atoms with van der Waals surface area (Å²) in [5.41, 5.74) is 2.20. The lowest BCUT2D eigenvalue weighted by Gasteiger charge is -1.98. The molecule has 3 rings (SSSR count). The van der Waals surface area contributed by atoms with Crippen LogP contribution in [0.5, 0.6) is 0 Å². The Balaban J connectivity index is 1.77. The van der Waals surface area contributed by atoms with Crippen LogP contribution in [0.2, 0.25) is 0 Å². The molecule has 0 aromatic carbocycles. The Morgan fingerprint density at radius 1 is 1.09 bits per heavy atom. The molecule has 0 radical (unpaired) electrons. The zero-order valence-corrected chi connectivity index (χ0v) is 13.0. The average Bonchev–Trinajstić information content (AvgIpc) is 3.11. The van der Waals surface area contributed by atoms with Gasteiger partial charge < -0.3 is 4.52 Å². The first-order valence-electron chi connectivity index (χ1n) is 7.49. The van der Waals surface area contributed by atoms with Gasteiger partial charge in [0.15, 0.2) is 0 Å². The molecule has 0 fully saturated rings. The van der Waals surface area contributed by atoms with Crippen molar-refractivity contribution >= 4 is 0 Å². The van der Waals surface area contributed by atoms with Gasteiger partial charge in [0.1, 0.15) is 11.4 Å². The maximum atomic E-state index is 5.28. The SMILES string of the molecule is CCC(C)c1nc(-c2ccc(C#Cc3ccccn3)nc2)no1. The molecule has 23 heavy (non-hydrogen) atoms. The molecule has 0 aliphatic heterocycles. The van der Waals surface area contributed by atoms with Crippen LogP contribution < -0.4 is 0 Å². The first-order chi connectivity index (χ1) is 11.3. The number of hydrogen-bond acceptors (Lipinski definition) is 5. The molecule has 5 heteroatoms. The minimum absolute atomic E-state index is 0.257. The van der Waals surface area contributed by atoms with Crippen molar-refractivity contribution in [1.29, 1.82) is 0 Å². The fourth-order valence-electron chi connectivity index (χ4n) is 1.89. The maximum absolute atomic E-state index is 5.28. The Kier molecular flexibility index (Phi) is 4.44. The maximum Gasteiger partial charge on any atom is 0.229 e. The van der Waals surface area contributed by atoms with Gasteiger partial charge in [0, 0.05) is 23.9 Å². The normalized spacial score (nSPS) is 11.6. The smallest absolute Gasteiger partial charge is 0.229 e. The molecule has 5 nitrogen and oxygen atoms in total. The molecular formula is C18H16N4O. The lowest BCUT2D eigenvalue weighted by Crippen LogP contribution is -1.91. The summed E-state index contributed by atoms with van der Waals surface area (Å²) in [5.74, 6) is 7.42. The van der Waals surface area contributed by atoms with Gasteiger partial charge in [-0.15, -0.1) is 0 Å². The highest BCUT2D eigenvalue weighted by Gasteiger charge is 2.13. The monoisotopic (exact) mass is 304 g/mol. The van der Waals surface area contributed by atoms with E-state index in [-0.39, 0.29) is 5.92 Å². The Morgan fingerprint density at radius 3 is 2.57 bits per heavy atom. The zero-order chi connectivity index (χ0) is 16.1. The summed E-state index contributed by atoms with van der Waals surface area (Å²) in [4.78, 5) is 12.9. The molecule has 114 valence electrons. The lowest BCUT2D eigenvalue weighted by atomic mass is 10.1. The van der Waals surface area contributed by atoms with Crippen LogP contribution in [0.1, 0.15) is 43.5 Å². The lowest BCUT2D eigenvalue weighted by molar-refractivity contribution is 0.357. The van der Waals surface area contributed by atoms with E-state index in [0.29, 0.717) is 17.4 Å². The second-order valence-corrected chi connectivity index (χ2v) is 5.16. The number of pyridine rings is 2. The Hall–Kier alpha value is -3.00. The van der Waals surface area contributed by atoms with E-state index in [9.17, 15) is 0 Å². The Morgan fingerprint density at radius 2 is 1.91 bits per heavy atom. The molecule has 1 atom stereocenters. The van der Waals surface area contributed by atoms with E-state index < -0.39 is 0 Å².